The van der Waals surface area contributed by atoms with Crippen molar-refractivity contribution >= 4 is 21.8 Å². The number of hydrogen-bond donors (Lipinski definition) is 1. The lowest BCUT2D eigenvalue weighted by atomic mass is 10.2. The van der Waals surface area contributed by atoms with Crippen LogP contribution in [-0.4, -0.2) is 36.1 Å². The number of likely N-dealkylation sites (N-methyl/N-ethyl adjacent to an activating group) is 1. The Bertz CT molecular complexity index is 661. The Kier molecular flexibility index (Phi) is 5.38. The van der Waals surface area contributed by atoms with Crippen LogP contribution in [0, 0.1) is 5.82 Å². The van der Waals surface area contributed by atoms with Crippen molar-refractivity contribution in [2.75, 3.05) is 20.2 Å². The molecular formula is C16H15BrFNO3. The van der Waals surface area contributed by atoms with Gasteiger partial charge in [0, 0.05) is 11.5 Å². The maximum atomic E-state index is 12.8. The third-order valence-electron chi connectivity index (χ3n) is 3.04. The summed E-state index contributed by atoms with van der Waals surface area (Å²) < 4.78 is 18.9. The second-order valence-corrected chi connectivity index (χ2v) is 5.61. The van der Waals surface area contributed by atoms with Crippen LogP contribution in [0.3, 0.4) is 0 Å². The summed E-state index contributed by atoms with van der Waals surface area (Å²) in [4.78, 5) is 13.7. The van der Waals surface area contributed by atoms with Crippen LogP contribution >= 0.6 is 15.9 Å². The van der Waals surface area contributed by atoms with E-state index < -0.39 is 0 Å². The summed E-state index contributed by atoms with van der Waals surface area (Å²) in [6.45, 7) is 0.602. The first kappa shape index (κ1) is 16.3. The van der Waals surface area contributed by atoms with E-state index in [2.05, 4.69) is 15.9 Å². The van der Waals surface area contributed by atoms with Crippen LogP contribution in [0.15, 0.2) is 46.9 Å². The molecule has 0 saturated carbocycles. The van der Waals surface area contributed by atoms with Crippen molar-refractivity contribution in [3.8, 4) is 11.5 Å². The number of rotatable bonds is 5. The largest absolute Gasteiger partial charge is 0.507 e. The third-order valence-corrected chi connectivity index (χ3v) is 3.54. The molecule has 0 heterocycles. The Morgan fingerprint density at radius 1 is 1.27 bits per heavy atom. The van der Waals surface area contributed by atoms with Gasteiger partial charge in [0.2, 0.25) is 0 Å². The molecule has 0 radical (unpaired) electrons. The molecule has 0 aromatic heterocycles. The number of phenols is 1. The molecule has 0 unspecified atom stereocenters. The van der Waals surface area contributed by atoms with Crippen LogP contribution in [0.1, 0.15) is 10.4 Å². The first-order chi connectivity index (χ1) is 10.5. The molecule has 0 saturated heterocycles. The fraction of sp³-hybridized carbons (Fsp3) is 0.188. The minimum Gasteiger partial charge on any atom is -0.507 e. The summed E-state index contributed by atoms with van der Waals surface area (Å²) in [5, 5.41) is 9.75. The first-order valence-electron chi connectivity index (χ1n) is 6.59. The molecule has 0 atom stereocenters. The van der Waals surface area contributed by atoms with E-state index in [0.717, 1.165) is 0 Å². The second kappa shape index (κ2) is 7.26. The van der Waals surface area contributed by atoms with E-state index >= 15 is 0 Å². The number of ether oxygens (including phenoxy) is 1. The molecule has 2 aromatic rings. The molecule has 1 N–H and O–H groups in total. The van der Waals surface area contributed by atoms with Gasteiger partial charge in [-0.2, -0.15) is 0 Å². The highest BCUT2D eigenvalue weighted by Crippen LogP contribution is 2.23. The first-order valence-corrected chi connectivity index (χ1v) is 7.39. The van der Waals surface area contributed by atoms with Crippen molar-refractivity contribution in [3.05, 3.63) is 58.3 Å². The molecule has 0 aliphatic heterocycles. The molecule has 2 aromatic carbocycles. The Hall–Kier alpha value is -2.08. The summed E-state index contributed by atoms with van der Waals surface area (Å²) in [6.07, 6.45) is 0. The van der Waals surface area contributed by atoms with Crippen molar-refractivity contribution in [2.45, 2.75) is 0 Å². The highest BCUT2D eigenvalue weighted by atomic mass is 79.9. The third kappa shape index (κ3) is 4.21. The molecule has 0 spiro atoms. The Morgan fingerprint density at radius 2 is 1.95 bits per heavy atom. The standard InChI is InChI=1S/C16H15BrFNO3/c1-19(8-9-22-13-5-3-12(18)4-6-13)16(21)14-10-11(17)2-7-15(14)20/h2-7,10,20H,8-9H2,1H3. The highest BCUT2D eigenvalue weighted by Gasteiger charge is 2.16. The second-order valence-electron chi connectivity index (χ2n) is 4.69. The van der Waals surface area contributed by atoms with E-state index in [1.54, 1.807) is 19.2 Å². The van der Waals surface area contributed by atoms with Gasteiger partial charge in [-0.3, -0.25) is 4.79 Å². The number of carbonyl (C=O) groups is 1. The highest BCUT2D eigenvalue weighted by molar-refractivity contribution is 9.10. The fourth-order valence-corrected chi connectivity index (χ4v) is 2.18. The smallest absolute Gasteiger partial charge is 0.257 e. The average molecular weight is 368 g/mol. The maximum absolute atomic E-state index is 12.8. The summed E-state index contributed by atoms with van der Waals surface area (Å²) in [5.41, 5.74) is 0.221. The minimum atomic E-state index is -0.329. The average Bonchev–Trinajstić information content (AvgIpc) is 2.51. The summed E-state index contributed by atoms with van der Waals surface area (Å²) in [6, 6.07) is 10.3. The van der Waals surface area contributed by atoms with Crippen LogP contribution in [0.5, 0.6) is 11.5 Å². The number of hydrogen-bond acceptors (Lipinski definition) is 3. The van der Waals surface area contributed by atoms with Gasteiger partial charge in [0.05, 0.1) is 12.1 Å². The molecular weight excluding hydrogens is 353 g/mol. The molecule has 2 rings (SSSR count). The maximum Gasteiger partial charge on any atom is 0.257 e. The topological polar surface area (TPSA) is 49.8 Å². The summed E-state index contributed by atoms with van der Waals surface area (Å²) in [5.74, 6) is -0.168. The minimum absolute atomic E-state index is 0.0699. The lowest BCUT2D eigenvalue weighted by Crippen LogP contribution is -2.30. The fourth-order valence-electron chi connectivity index (χ4n) is 1.82. The van der Waals surface area contributed by atoms with Crippen LogP contribution in [-0.2, 0) is 0 Å². The van der Waals surface area contributed by atoms with Gasteiger partial charge in [0.25, 0.3) is 5.91 Å². The molecule has 0 aliphatic rings. The quantitative estimate of drug-likeness (QED) is 0.880. The zero-order valence-corrected chi connectivity index (χ0v) is 13.5. The lowest BCUT2D eigenvalue weighted by Gasteiger charge is -2.18. The summed E-state index contributed by atoms with van der Waals surface area (Å²) in [7, 11) is 1.62. The van der Waals surface area contributed by atoms with Crippen molar-refractivity contribution in [2.24, 2.45) is 0 Å². The monoisotopic (exact) mass is 367 g/mol. The Balaban J connectivity index is 1.91. The Labute approximate surface area is 136 Å². The normalized spacial score (nSPS) is 10.3. The van der Waals surface area contributed by atoms with Gasteiger partial charge in [-0.25, -0.2) is 4.39 Å². The number of halogens is 2. The number of aromatic hydroxyl groups is 1. The van der Waals surface area contributed by atoms with Gasteiger partial charge in [-0.05, 0) is 42.5 Å². The molecule has 0 fully saturated rings. The number of benzene rings is 2. The zero-order chi connectivity index (χ0) is 16.1. The molecule has 1 amide bonds. The molecule has 0 aliphatic carbocycles. The SMILES string of the molecule is CN(CCOc1ccc(F)cc1)C(=O)c1cc(Br)ccc1O. The van der Waals surface area contributed by atoms with Crippen molar-refractivity contribution in [1.82, 2.24) is 4.90 Å². The van der Waals surface area contributed by atoms with Crippen molar-refractivity contribution in [1.29, 1.82) is 0 Å². The molecule has 0 bridgehead atoms. The van der Waals surface area contributed by atoms with Crippen molar-refractivity contribution < 1.29 is 19.0 Å². The van der Waals surface area contributed by atoms with E-state index in [1.165, 1.54) is 35.2 Å². The van der Waals surface area contributed by atoms with Crippen molar-refractivity contribution in [3.63, 3.8) is 0 Å². The number of nitrogens with zero attached hydrogens (tertiary/aromatic N) is 1. The van der Waals surface area contributed by atoms with E-state index in [-0.39, 0.29) is 29.6 Å². The van der Waals surface area contributed by atoms with Gasteiger partial charge in [0.15, 0.2) is 0 Å². The van der Waals surface area contributed by atoms with Crippen LogP contribution < -0.4 is 4.74 Å². The molecule has 116 valence electrons. The van der Waals surface area contributed by atoms with Gasteiger partial charge < -0.3 is 14.7 Å². The van der Waals surface area contributed by atoms with Crippen LogP contribution in [0.4, 0.5) is 4.39 Å². The van der Waals surface area contributed by atoms with Gasteiger partial charge >= 0.3 is 0 Å². The lowest BCUT2D eigenvalue weighted by molar-refractivity contribution is 0.0770. The predicted molar refractivity (Wildman–Crippen MR) is 84.7 cm³/mol. The number of amides is 1. The van der Waals surface area contributed by atoms with Gasteiger partial charge in [-0.15, -0.1) is 0 Å². The van der Waals surface area contributed by atoms with E-state index in [0.29, 0.717) is 16.8 Å². The molecule has 22 heavy (non-hydrogen) atoms. The zero-order valence-electron chi connectivity index (χ0n) is 11.9. The number of phenolic OH excluding ortho intramolecular Hbond substituents is 1. The van der Waals surface area contributed by atoms with E-state index in [4.69, 9.17) is 4.74 Å². The van der Waals surface area contributed by atoms with Gasteiger partial charge in [-0.1, -0.05) is 15.9 Å². The molecule has 6 heteroatoms. The van der Waals surface area contributed by atoms with Crippen LogP contribution in [0.2, 0.25) is 0 Å². The predicted octanol–water partition coefficient (Wildman–Crippen LogP) is 3.44. The molecule has 4 nitrogen and oxygen atoms in total. The van der Waals surface area contributed by atoms with Crippen LogP contribution in [0.25, 0.3) is 0 Å². The Morgan fingerprint density at radius 3 is 2.64 bits per heavy atom. The summed E-state index contributed by atoms with van der Waals surface area (Å²) >= 11 is 3.27. The number of carbonyl (C=O) groups excluding carboxylic acids is 1. The van der Waals surface area contributed by atoms with Gasteiger partial charge in [0.1, 0.15) is 23.9 Å². The van der Waals surface area contributed by atoms with E-state index in [1.807, 2.05) is 0 Å². The van der Waals surface area contributed by atoms with E-state index in [9.17, 15) is 14.3 Å².